The quantitative estimate of drug-likeness (QED) is 0.231. The van der Waals surface area contributed by atoms with Crippen molar-refractivity contribution >= 4 is 19.1 Å². The minimum atomic E-state index is -4.09. The third-order valence-electron chi connectivity index (χ3n) is 3.54. The van der Waals surface area contributed by atoms with Gasteiger partial charge in [-0.1, -0.05) is 0 Å². The van der Waals surface area contributed by atoms with Crippen molar-refractivity contribution in [2.24, 2.45) is 0 Å². The lowest BCUT2D eigenvalue weighted by Gasteiger charge is -2.21. The highest BCUT2D eigenvalue weighted by atomic mass is 32.2. The van der Waals surface area contributed by atoms with E-state index in [4.69, 9.17) is 18.9 Å². The van der Waals surface area contributed by atoms with Crippen molar-refractivity contribution in [3.8, 4) is 0 Å². The van der Waals surface area contributed by atoms with Crippen molar-refractivity contribution in [3.05, 3.63) is 0 Å². The van der Waals surface area contributed by atoms with Crippen LogP contribution in [0.25, 0.3) is 0 Å². The Morgan fingerprint density at radius 1 is 0.783 bits per heavy atom. The summed E-state index contributed by atoms with van der Waals surface area (Å²) in [6, 6.07) is 0.0541. The van der Waals surface area contributed by atoms with Crippen LogP contribution in [0.3, 0.4) is 0 Å². The average molecular weight is 374 g/mol. The molecule has 140 valence electrons. The van der Waals surface area contributed by atoms with Crippen LogP contribution in [0.15, 0.2) is 0 Å². The molecular weight excluding hydrogens is 342 g/mol. The highest BCUT2D eigenvalue weighted by Gasteiger charge is 2.25. The molecule has 0 aliphatic heterocycles. The molecule has 0 aromatic carbocycles. The summed E-state index contributed by atoms with van der Waals surface area (Å²) < 4.78 is 31.4. The van der Waals surface area contributed by atoms with Crippen LogP contribution in [0, 0.1) is 0 Å². The third kappa shape index (κ3) is 14.0. The van der Waals surface area contributed by atoms with E-state index < -0.39 is 19.1 Å². The van der Waals surface area contributed by atoms with Gasteiger partial charge in [-0.3, -0.25) is 4.55 Å². The van der Waals surface area contributed by atoms with E-state index in [-0.39, 0.29) is 12.6 Å². The van der Waals surface area contributed by atoms with E-state index in [9.17, 15) is 8.42 Å². The lowest BCUT2D eigenvalue weighted by atomic mass is 10.3. The molecule has 9 nitrogen and oxygen atoms in total. The molecule has 23 heavy (non-hydrogen) atoms. The van der Waals surface area contributed by atoms with Crippen molar-refractivity contribution in [2.45, 2.75) is 25.3 Å². The molecule has 0 rings (SSSR count). The Balaban J connectivity index is 3.68. The van der Waals surface area contributed by atoms with Crippen LogP contribution >= 0.6 is 0 Å². The lowest BCUT2D eigenvalue weighted by molar-refractivity contribution is 0.220. The van der Waals surface area contributed by atoms with Gasteiger partial charge < -0.3 is 24.2 Å². The molecule has 0 bridgehead atoms. The fraction of sp³-hybridized carbons (Fsp3) is 1.00. The molecule has 0 fully saturated rings. The molecule has 11 heteroatoms. The van der Waals surface area contributed by atoms with Crippen molar-refractivity contribution in [1.82, 2.24) is 14.1 Å². The SMILES string of the molecule is CN(CCCN(C)CCC[Si](O)(O)O)CCCN(C)S(=O)(=O)O. The Hall–Kier alpha value is -0.113. The second kappa shape index (κ2) is 10.7. The minimum Gasteiger partial charge on any atom is -0.390 e. The minimum absolute atomic E-state index is 0.0541. The monoisotopic (exact) mass is 373 g/mol. The number of rotatable bonds is 13. The molecule has 0 aromatic rings. The molecule has 0 spiro atoms. The Morgan fingerprint density at radius 3 is 1.57 bits per heavy atom. The van der Waals surface area contributed by atoms with Gasteiger partial charge in [0.15, 0.2) is 0 Å². The summed E-state index contributed by atoms with van der Waals surface area (Å²) in [6.45, 7) is 3.42. The molecule has 0 aliphatic carbocycles. The molecule has 0 aliphatic rings. The first-order valence-corrected chi connectivity index (χ1v) is 11.1. The van der Waals surface area contributed by atoms with E-state index in [1.54, 1.807) is 0 Å². The Morgan fingerprint density at radius 2 is 1.17 bits per heavy atom. The summed E-state index contributed by atoms with van der Waals surface area (Å²) in [6.07, 6.45) is 2.12. The summed E-state index contributed by atoms with van der Waals surface area (Å²) >= 11 is 0. The van der Waals surface area contributed by atoms with E-state index >= 15 is 0 Å². The largest absolute Gasteiger partial charge is 0.492 e. The summed E-state index contributed by atoms with van der Waals surface area (Å²) in [7, 11) is -2.77. The fourth-order valence-electron chi connectivity index (χ4n) is 2.10. The van der Waals surface area contributed by atoms with Crippen molar-refractivity contribution in [1.29, 1.82) is 0 Å². The average Bonchev–Trinajstić information content (AvgIpc) is 2.35. The second-order valence-corrected chi connectivity index (χ2v) is 9.56. The zero-order valence-electron chi connectivity index (χ0n) is 14.2. The molecule has 0 saturated heterocycles. The zero-order chi connectivity index (χ0) is 18.1. The Labute approximate surface area is 140 Å². The van der Waals surface area contributed by atoms with E-state index in [1.807, 2.05) is 14.1 Å². The molecule has 0 aromatic heterocycles. The fourth-order valence-corrected chi connectivity index (χ4v) is 3.09. The van der Waals surface area contributed by atoms with Crippen LogP contribution in [0.5, 0.6) is 0 Å². The van der Waals surface area contributed by atoms with E-state index in [0.29, 0.717) is 19.4 Å². The molecule has 0 atom stereocenters. The van der Waals surface area contributed by atoms with Gasteiger partial charge in [0, 0.05) is 19.6 Å². The van der Waals surface area contributed by atoms with Gasteiger partial charge in [0.25, 0.3) is 0 Å². The van der Waals surface area contributed by atoms with Gasteiger partial charge in [0.1, 0.15) is 0 Å². The van der Waals surface area contributed by atoms with E-state index in [2.05, 4.69) is 9.80 Å². The number of hydrogen-bond donors (Lipinski definition) is 4. The van der Waals surface area contributed by atoms with Crippen LogP contribution in [-0.2, 0) is 10.3 Å². The van der Waals surface area contributed by atoms with Gasteiger partial charge in [-0.15, -0.1) is 0 Å². The van der Waals surface area contributed by atoms with Gasteiger partial charge in [0.05, 0.1) is 0 Å². The molecule has 0 unspecified atom stereocenters. The summed E-state index contributed by atoms with van der Waals surface area (Å²) in [4.78, 5) is 30.9. The molecular formula is C12H31N3O6SSi. The first-order valence-electron chi connectivity index (χ1n) is 7.65. The molecule has 4 N–H and O–H groups in total. The van der Waals surface area contributed by atoms with Gasteiger partial charge >= 0.3 is 19.1 Å². The molecule has 0 saturated carbocycles. The van der Waals surface area contributed by atoms with Crippen molar-refractivity contribution in [3.63, 3.8) is 0 Å². The second-order valence-electron chi connectivity index (χ2n) is 5.99. The van der Waals surface area contributed by atoms with Crippen LogP contribution < -0.4 is 0 Å². The normalized spacial score (nSPS) is 13.5. The predicted molar refractivity (Wildman–Crippen MR) is 90.2 cm³/mol. The Kier molecular flexibility index (Phi) is 10.6. The van der Waals surface area contributed by atoms with Crippen LogP contribution in [0.2, 0.25) is 6.04 Å². The van der Waals surface area contributed by atoms with Crippen molar-refractivity contribution in [2.75, 3.05) is 53.9 Å². The summed E-state index contributed by atoms with van der Waals surface area (Å²) in [5, 5.41) is 0. The smallest absolute Gasteiger partial charge is 0.390 e. The highest BCUT2D eigenvalue weighted by Crippen LogP contribution is 2.03. The van der Waals surface area contributed by atoms with E-state index in [0.717, 1.165) is 30.4 Å². The highest BCUT2D eigenvalue weighted by molar-refractivity contribution is 7.83. The van der Waals surface area contributed by atoms with Crippen LogP contribution in [0.1, 0.15) is 19.3 Å². The van der Waals surface area contributed by atoms with Gasteiger partial charge in [-0.25, -0.2) is 0 Å². The Bertz CT molecular complexity index is 418. The zero-order valence-corrected chi connectivity index (χ0v) is 16.0. The maximum atomic E-state index is 10.8. The van der Waals surface area contributed by atoms with Gasteiger partial charge in [-0.05, 0) is 59.5 Å². The number of nitrogens with zero attached hydrogens (tertiary/aromatic N) is 3. The van der Waals surface area contributed by atoms with Gasteiger partial charge in [-0.2, -0.15) is 12.7 Å². The van der Waals surface area contributed by atoms with Crippen LogP contribution in [-0.4, -0.2) is 104 Å². The standard InChI is InChI=1S/C12H31N3O6SSi/c1-13(9-5-11-15(3)22(16,17)18)7-4-8-14(2)10-6-12-23(19,20)21/h19-21H,4-12H2,1-3H3,(H,16,17,18). The van der Waals surface area contributed by atoms with Gasteiger partial charge in [0.2, 0.25) is 0 Å². The summed E-state index contributed by atoms with van der Waals surface area (Å²) in [5.41, 5.74) is 0. The molecule has 0 heterocycles. The van der Waals surface area contributed by atoms with Crippen molar-refractivity contribution < 1.29 is 27.4 Å². The summed E-state index contributed by atoms with van der Waals surface area (Å²) in [5.74, 6) is 0. The maximum Gasteiger partial charge on any atom is 0.492 e. The third-order valence-corrected chi connectivity index (χ3v) is 5.53. The van der Waals surface area contributed by atoms with Crippen LogP contribution in [0.4, 0.5) is 0 Å². The first kappa shape index (κ1) is 22.9. The number of hydrogen-bond acceptors (Lipinski definition) is 7. The topological polar surface area (TPSA) is 125 Å². The van der Waals surface area contributed by atoms with E-state index in [1.165, 1.54) is 7.05 Å². The predicted octanol–water partition coefficient (Wildman–Crippen LogP) is -1.33. The molecule has 0 radical (unpaired) electrons. The lowest BCUT2D eigenvalue weighted by Crippen LogP contribution is -2.35. The first-order chi connectivity index (χ1) is 10.4. The maximum absolute atomic E-state index is 10.8. The molecule has 0 amide bonds.